The Hall–Kier alpha value is -3.65. The van der Waals surface area contributed by atoms with Crippen molar-refractivity contribution < 1.29 is 17.6 Å². The van der Waals surface area contributed by atoms with Crippen molar-refractivity contribution in [1.29, 1.82) is 0 Å². The Morgan fingerprint density at radius 3 is 2.32 bits per heavy atom. The summed E-state index contributed by atoms with van der Waals surface area (Å²) in [5, 5.41) is 6.05. The molecule has 0 atom stereocenters. The monoisotopic (exact) mass is 437 g/mol. The van der Waals surface area contributed by atoms with E-state index in [4.69, 9.17) is 0 Å². The van der Waals surface area contributed by atoms with Crippen LogP contribution in [0.4, 0.5) is 21.5 Å². The highest BCUT2D eigenvalue weighted by Crippen LogP contribution is 2.39. The van der Waals surface area contributed by atoms with Crippen LogP contribution in [0.3, 0.4) is 0 Å². The summed E-state index contributed by atoms with van der Waals surface area (Å²) in [4.78, 5) is 12.9. The van der Waals surface area contributed by atoms with E-state index in [1.54, 1.807) is 37.3 Å². The van der Waals surface area contributed by atoms with Gasteiger partial charge in [-0.1, -0.05) is 30.3 Å². The molecule has 0 unspecified atom stereocenters. The summed E-state index contributed by atoms with van der Waals surface area (Å²) in [5.74, 6) is -0.749. The number of carbonyl (C=O) groups excluding carboxylic acids is 1. The van der Waals surface area contributed by atoms with Crippen molar-refractivity contribution in [2.24, 2.45) is 0 Å². The zero-order valence-corrected chi connectivity index (χ0v) is 17.5. The van der Waals surface area contributed by atoms with Gasteiger partial charge in [0.2, 0.25) is 10.0 Å². The topological polar surface area (TPSA) is 87.3 Å². The highest BCUT2D eigenvalue weighted by molar-refractivity contribution is 7.92. The summed E-state index contributed by atoms with van der Waals surface area (Å²) in [6.45, 7) is 1.55. The zero-order valence-electron chi connectivity index (χ0n) is 16.6. The van der Waals surface area contributed by atoms with Crippen molar-refractivity contribution in [3.05, 3.63) is 89.7 Å². The van der Waals surface area contributed by atoms with E-state index in [0.29, 0.717) is 33.9 Å². The normalized spacial score (nSPS) is 14.6. The molecular weight excluding hydrogens is 417 g/mol. The average molecular weight is 437 g/mol. The number of benzene rings is 3. The van der Waals surface area contributed by atoms with E-state index in [2.05, 4.69) is 15.4 Å². The number of fused-ring (bicyclic) bond motifs is 1. The van der Waals surface area contributed by atoms with E-state index < -0.39 is 10.0 Å². The van der Waals surface area contributed by atoms with Crippen molar-refractivity contribution in [3.8, 4) is 0 Å². The van der Waals surface area contributed by atoms with E-state index >= 15 is 0 Å². The van der Waals surface area contributed by atoms with E-state index in [-0.39, 0.29) is 17.5 Å². The first-order chi connectivity index (χ1) is 14.9. The molecule has 3 aromatic carbocycles. The highest BCUT2D eigenvalue weighted by atomic mass is 32.2. The van der Waals surface area contributed by atoms with E-state index in [1.807, 2.05) is 30.3 Å². The van der Waals surface area contributed by atoms with Crippen LogP contribution < -0.4 is 15.4 Å². The summed E-state index contributed by atoms with van der Waals surface area (Å²) >= 11 is 0. The van der Waals surface area contributed by atoms with Crippen LogP contribution >= 0.6 is 0 Å². The Bertz CT molecular complexity index is 1270. The first-order valence-electron chi connectivity index (χ1n) is 9.65. The Balaban J connectivity index is 1.86. The number of hydrogen-bond donors (Lipinski definition) is 3. The second kappa shape index (κ2) is 8.23. The van der Waals surface area contributed by atoms with E-state index in [1.165, 1.54) is 12.1 Å². The van der Waals surface area contributed by atoms with Crippen molar-refractivity contribution in [2.45, 2.75) is 6.92 Å². The van der Waals surface area contributed by atoms with Crippen LogP contribution in [-0.2, 0) is 14.8 Å². The molecule has 8 heteroatoms. The first kappa shape index (κ1) is 20.6. The molecule has 0 radical (unpaired) electrons. The molecule has 0 fully saturated rings. The predicted octanol–water partition coefficient (Wildman–Crippen LogP) is 4.52. The van der Waals surface area contributed by atoms with Crippen LogP contribution in [0.15, 0.2) is 72.8 Å². The summed E-state index contributed by atoms with van der Waals surface area (Å²) < 4.78 is 39.9. The lowest BCUT2D eigenvalue weighted by Crippen LogP contribution is -2.14. The molecule has 0 aromatic heterocycles. The Morgan fingerprint density at radius 1 is 0.968 bits per heavy atom. The number of halogens is 1. The third kappa shape index (κ3) is 4.44. The summed E-state index contributed by atoms with van der Waals surface area (Å²) in [6.07, 6.45) is 0. The molecule has 6 nitrogen and oxygen atoms in total. The molecule has 158 valence electrons. The van der Waals surface area contributed by atoms with Crippen molar-refractivity contribution in [3.63, 3.8) is 0 Å². The molecule has 1 aliphatic rings. The standard InChI is InChI=1S/C23H20FN3O3S/c1-2-31(29,30)27-18-12-13-20-19(14-18)21(23(28)26-20)22(15-6-4-3-5-7-15)25-17-10-8-16(24)9-11-17/h3-14,25,27H,2H2,1H3,(H,26,28)/b22-21-. The molecule has 1 amide bonds. The van der Waals surface area contributed by atoms with Gasteiger partial charge >= 0.3 is 0 Å². The maximum absolute atomic E-state index is 13.4. The van der Waals surface area contributed by atoms with Gasteiger partial charge in [0.15, 0.2) is 0 Å². The van der Waals surface area contributed by atoms with Gasteiger partial charge in [0, 0.05) is 22.6 Å². The second-order valence-electron chi connectivity index (χ2n) is 6.97. The van der Waals surface area contributed by atoms with Gasteiger partial charge in [0.25, 0.3) is 5.91 Å². The fourth-order valence-corrected chi connectivity index (χ4v) is 3.92. The lowest BCUT2D eigenvalue weighted by molar-refractivity contribution is -0.110. The van der Waals surface area contributed by atoms with Gasteiger partial charge in [-0.15, -0.1) is 0 Å². The van der Waals surface area contributed by atoms with Crippen LogP contribution in [0.25, 0.3) is 11.3 Å². The Labute approximate surface area is 179 Å². The third-order valence-electron chi connectivity index (χ3n) is 4.84. The van der Waals surface area contributed by atoms with Crippen LogP contribution in [0.1, 0.15) is 18.1 Å². The predicted molar refractivity (Wildman–Crippen MR) is 121 cm³/mol. The van der Waals surface area contributed by atoms with Gasteiger partial charge in [0.1, 0.15) is 5.82 Å². The number of anilines is 3. The minimum atomic E-state index is -3.47. The van der Waals surface area contributed by atoms with Gasteiger partial charge in [-0.25, -0.2) is 12.8 Å². The van der Waals surface area contributed by atoms with E-state index in [0.717, 1.165) is 5.56 Å². The summed E-state index contributed by atoms with van der Waals surface area (Å²) in [5.41, 5.74) is 3.76. The number of carbonyl (C=O) groups is 1. The molecule has 3 aromatic rings. The number of nitrogens with one attached hydrogen (secondary N) is 3. The van der Waals surface area contributed by atoms with Gasteiger partial charge in [-0.3, -0.25) is 9.52 Å². The Kier molecular flexibility index (Phi) is 5.48. The lowest BCUT2D eigenvalue weighted by Gasteiger charge is -2.15. The molecule has 0 aliphatic carbocycles. The first-order valence-corrected chi connectivity index (χ1v) is 11.3. The molecule has 0 saturated heterocycles. The van der Waals surface area contributed by atoms with Crippen molar-refractivity contribution in [2.75, 3.05) is 21.1 Å². The smallest absolute Gasteiger partial charge is 0.258 e. The van der Waals surface area contributed by atoms with Crippen LogP contribution in [0.2, 0.25) is 0 Å². The van der Waals surface area contributed by atoms with Crippen LogP contribution in [0.5, 0.6) is 0 Å². The number of rotatable bonds is 6. The lowest BCUT2D eigenvalue weighted by atomic mass is 9.99. The molecule has 31 heavy (non-hydrogen) atoms. The van der Waals surface area contributed by atoms with Crippen LogP contribution in [-0.4, -0.2) is 20.1 Å². The van der Waals surface area contributed by atoms with Crippen molar-refractivity contribution >= 4 is 44.3 Å². The third-order valence-corrected chi connectivity index (χ3v) is 6.15. The SMILES string of the molecule is CCS(=O)(=O)Nc1ccc2c(c1)/C(=C(/Nc1ccc(F)cc1)c1ccccc1)C(=O)N2. The minimum Gasteiger partial charge on any atom is -0.354 e. The van der Waals surface area contributed by atoms with Gasteiger partial charge in [0.05, 0.1) is 17.0 Å². The molecule has 0 saturated carbocycles. The van der Waals surface area contributed by atoms with Gasteiger partial charge in [-0.2, -0.15) is 0 Å². The van der Waals surface area contributed by atoms with Crippen molar-refractivity contribution in [1.82, 2.24) is 0 Å². The molecule has 0 bridgehead atoms. The van der Waals surface area contributed by atoms with Gasteiger partial charge < -0.3 is 10.6 Å². The fraction of sp³-hybridized carbons (Fsp3) is 0.0870. The Morgan fingerprint density at radius 2 is 1.65 bits per heavy atom. The summed E-state index contributed by atoms with van der Waals surface area (Å²) in [7, 11) is -3.47. The van der Waals surface area contributed by atoms with Gasteiger partial charge in [-0.05, 0) is 55.0 Å². The quantitative estimate of drug-likeness (QED) is 0.495. The number of hydrogen-bond acceptors (Lipinski definition) is 4. The minimum absolute atomic E-state index is 0.0641. The number of amides is 1. The fourth-order valence-electron chi connectivity index (χ4n) is 3.29. The summed E-state index contributed by atoms with van der Waals surface area (Å²) in [6, 6.07) is 20.0. The molecule has 4 rings (SSSR count). The molecular formula is C23H20FN3O3S. The zero-order chi connectivity index (χ0) is 22.0. The van der Waals surface area contributed by atoms with E-state index in [9.17, 15) is 17.6 Å². The molecule has 3 N–H and O–H groups in total. The molecule has 1 aliphatic heterocycles. The average Bonchev–Trinajstić information content (AvgIpc) is 3.08. The molecule has 1 heterocycles. The molecule has 0 spiro atoms. The maximum Gasteiger partial charge on any atom is 0.258 e. The maximum atomic E-state index is 13.4. The highest BCUT2D eigenvalue weighted by Gasteiger charge is 2.29. The number of sulfonamides is 1. The largest absolute Gasteiger partial charge is 0.354 e. The second-order valence-corrected chi connectivity index (χ2v) is 8.98. The van der Waals surface area contributed by atoms with Crippen LogP contribution in [0, 0.1) is 5.82 Å².